The maximum absolute atomic E-state index is 14.2. The van der Waals surface area contributed by atoms with E-state index in [1.807, 2.05) is 6.07 Å². The van der Waals surface area contributed by atoms with Crippen LogP contribution in [0.4, 0.5) is 10.1 Å². The molecule has 4 heteroatoms. The molecule has 2 bridgehead atoms. The van der Waals surface area contributed by atoms with Gasteiger partial charge in [0.15, 0.2) is 0 Å². The van der Waals surface area contributed by atoms with Crippen LogP contribution >= 0.6 is 15.9 Å². The average molecular weight is 341 g/mol. The molecule has 2 heterocycles. The van der Waals surface area contributed by atoms with E-state index in [0.717, 1.165) is 29.5 Å². The maximum Gasteiger partial charge on any atom is 0.146 e. The van der Waals surface area contributed by atoms with Gasteiger partial charge in [0.05, 0.1) is 5.69 Å². The van der Waals surface area contributed by atoms with Crippen LogP contribution in [0.25, 0.3) is 0 Å². The van der Waals surface area contributed by atoms with Crippen molar-refractivity contribution in [3.63, 3.8) is 0 Å². The van der Waals surface area contributed by atoms with E-state index in [4.69, 9.17) is 0 Å². The molecule has 1 aromatic carbocycles. The van der Waals surface area contributed by atoms with Gasteiger partial charge in [0, 0.05) is 22.6 Å². The topological polar surface area (TPSA) is 15.3 Å². The van der Waals surface area contributed by atoms with E-state index in [9.17, 15) is 4.39 Å². The summed E-state index contributed by atoms with van der Waals surface area (Å²) in [6.45, 7) is 3.19. The molecule has 2 unspecified atom stereocenters. The minimum absolute atomic E-state index is 0.0907. The number of halogens is 2. The number of rotatable bonds is 3. The van der Waals surface area contributed by atoms with E-state index in [1.165, 1.54) is 19.3 Å². The molecule has 1 aromatic rings. The summed E-state index contributed by atoms with van der Waals surface area (Å²) in [7, 11) is 0. The second-order valence-electron chi connectivity index (χ2n) is 5.97. The Bertz CT molecular complexity index is 466. The highest BCUT2D eigenvalue weighted by atomic mass is 79.9. The third-order valence-electron chi connectivity index (χ3n) is 4.65. The Hall–Kier alpha value is -0.610. The number of hydrogen-bond donors (Lipinski definition) is 1. The number of nitrogens with one attached hydrogen (secondary N) is 1. The number of fused-ring (bicyclic) bond motifs is 2. The normalized spacial score (nSPS) is 29.6. The second-order valence-corrected chi connectivity index (χ2v) is 6.88. The molecular weight excluding hydrogens is 319 g/mol. The lowest BCUT2D eigenvalue weighted by atomic mass is 9.81. The van der Waals surface area contributed by atoms with Gasteiger partial charge in [-0.15, -0.1) is 0 Å². The van der Waals surface area contributed by atoms with Crippen molar-refractivity contribution in [2.24, 2.45) is 0 Å². The van der Waals surface area contributed by atoms with E-state index in [1.54, 1.807) is 12.1 Å². The van der Waals surface area contributed by atoms with Crippen LogP contribution in [0.3, 0.4) is 0 Å². The molecule has 2 atom stereocenters. The van der Waals surface area contributed by atoms with E-state index >= 15 is 0 Å². The lowest BCUT2D eigenvalue weighted by Gasteiger charge is -2.50. The number of nitrogens with zero attached hydrogens (tertiary/aromatic N) is 1. The highest BCUT2D eigenvalue weighted by Gasteiger charge is 2.38. The molecule has 2 aliphatic heterocycles. The Morgan fingerprint density at radius 1 is 1.30 bits per heavy atom. The van der Waals surface area contributed by atoms with Crippen molar-refractivity contribution in [2.45, 2.75) is 57.2 Å². The van der Waals surface area contributed by atoms with Gasteiger partial charge in [-0.25, -0.2) is 4.39 Å². The number of hydrogen-bond acceptors (Lipinski definition) is 2. The molecule has 2 fully saturated rings. The van der Waals surface area contributed by atoms with Gasteiger partial charge in [-0.2, -0.15) is 0 Å². The van der Waals surface area contributed by atoms with Crippen molar-refractivity contribution in [2.75, 3.05) is 11.4 Å². The number of piperidine rings is 2. The summed E-state index contributed by atoms with van der Waals surface area (Å²) < 4.78 is 15.2. The molecule has 3 rings (SSSR count). The van der Waals surface area contributed by atoms with Crippen LogP contribution < -0.4 is 10.2 Å². The third-order valence-corrected chi connectivity index (χ3v) is 5.15. The van der Waals surface area contributed by atoms with Gasteiger partial charge in [0.25, 0.3) is 0 Å². The molecule has 2 saturated heterocycles. The zero-order chi connectivity index (χ0) is 14.1. The van der Waals surface area contributed by atoms with Crippen LogP contribution in [0.2, 0.25) is 0 Å². The number of anilines is 1. The second kappa shape index (κ2) is 6.02. The molecule has 2 aliphatic rings. The Labute approximate surface area is 128 Å². The van der Waals surface area contributed by atoms with Gasteiger partial charge >= 0.3 is 0 Å². The van der Waals surface area contributed by atoms with Crippen molar-refractivity contribution < 1.29 is 4.39 Å². The van der Waals surface area contributed by atoms with Crippen LogP contribution in [0.1, 0.15) is 39.0 Å². The van der Waals surface area contributed by atoms with Crippen molar-refractivity contribution >= 4 is 21.6 Å². The molecule has 0 amide bonds. The zero-order valence-corrected chi connectivity index (χ0v) is 13.5. The predicted octanol–water partition coefficient (Wildman–Crippen LogP) is 4.09. The van der Waals surface area contributed by atoms with Crippen LogP contribution in [-0.4, -0.2) is 24.7 Å². The predicted molar refractivity (Wildman–Crippen MR) is 84.7 cm³/mol. The highest BCUT2D eigenvalue weighted by Crippen LogP contribution is 2.39. The molecule has 0 aliphatic carbocycles. The number of benzene rings is 1. The van der Waals surface area contributed by atoms with Crippen molar-refractivity contribution in [1.82, 2.24) is 5.32 Å². The Morgan fingerprint density at radius 2 is 2.00 bits per heavy atom. The molecule has 0 aromatic heterocycles. The highest BCUT2D eigenvalue weighted by molar-refractivity contribution is 9.10. The summed E-state index contributed by atoms with van der Waals surface area (Å²) in [5.41, 5.74) is 0.782. The lowest BCUT2D eigenvalue weighted by Crippen LogP contribution is -2.56. The van der Waals surface area contributed by atoms with Crippen LogP contribution in [0, 0.1) is 5.82 Å². The summed E-state index contributed by atoms with van der Waals surface area (Å²) in [5.74, 6) is -0.0907. The van der Waals surface area contributed by atoms with E-state index < -0.39 is 0 Å². The first-order chi connectivity index (χ1) is 9.69. The van der Waals surface area contributed by atoms with Gasteiger partial charge in [0.2, 0.25) is 0 Å². The quantitative estimate of drug-likeness (QED) is 0.891. The van der Waals surface area contributed by atoms with Gasteiger partial charge in [0.1, 0.15) is 5.82 Å². The first-order valence-corrected chi connectivity index (χ1v) is 8.45. The van der Waals surface area contributed by atoms with E-state index in [2.05, 4.69) is 33.1 Å². The molecule has 110 valence electrons. The van der Waals surface area contributed by atoms with Crippen LogP contribution in [0.15, 0.2) is 22.7 Å². The lowest BCUT2D eigenvalue weighted by molar-refractivity contribution is 0.246. The minimum Gasteiger partial charge on any atom is -0.363 e. The fraction of sp³-hybridized carbons (Fsp3) is 0.625. The standard InChI is InChI=1S/C16H22BrFN2/c1-2-19-12-9-13-4-3-5-14(10-12)20(13)16-8-11(17)6-7-15(16)18/h6-8,12-14,19H,2-5,9-10H2,1H3. The summed E-state index contributed by atoms with van der Waals surface area (Å²) in [6, 6.07) is 6.85. The first-order valence-electron chi connectivity index (χ1n) is 7.65. The largest absolute Gasteiger partial charge is 0.363 e. The minimum atomic E-state index is -0.0907. The van der Waals surface area contributed by atoms with E-state index in [-0.39, 0.29) is 5.82 Å². The van der Waals surface area contributed by atoms with Gasteiger partial charge in [-0.1, -0.05) is 22.9 Å². The van der Waals surface area contributed by atoms with E-state index in [0.29, 0.717) is 18.1 Å². The smallest absolute Gasteiger partial charge is 0.146 e. The molecule has 0 saturated carbocycles. The SMILES string of the molecule is CCNC1CC2CCCC(C1)N2c1cc(Br)ccc1F. The van der Waals surface area contributed by atoms with Gasteiger partial charge in [-0.05, 0) is 56.8 Å². The fourth-order valence-corrected chi connectivity index (χ4v) is 4.26. The monoisotopic (exact) mass is 340 g/mol. The zero-order valence-electron chi connectivity index (χ0n) is 11.9. The van der Waals surface area contributed by atoms with Crippen molar-refractivity contribution in [3.05, 3.63) is 28.5 Å². The third kappa shape index (κ3) is 2.73. The molecule has 20 heavy (non-hydrogen) atoms. The van der Waals surface area contributed by atoms with Crippen LogP contribution in [-0.2, 0) is 0 Å². The first kappa shape index (κ1) is 14.3. The van der Waals surface area contributed by atoms with Crippen molar-refractivity contribution in [1.29, 1.82) is 0 Å². The Kier molecular flexibility index (Phi) is 4.32. The maximum atomic E-state index is 14.2. The molecule has 0 radical (unpaired) electrons. The molecular formula is C16H22BrFN2. The summed E-state index contributed by atoms with van der Waals surface area (Å²) >= 11 is 3.47. The fourth-order valence-electron chi connectivity index (χ4n) is 3.91. The molecule has 1 N–H and O–H groups in total. The van der Waals surface area contributed by atoms with Gasteiger partial charge in [-0.3, -0.25) is 0 Å². The Morgan fingerprint density at radius 3 is 2.65 bits per heavy atom. The molecule has 2 nitrogen and oxygen atoms in total. The van der Waals surface area contributed by atoms with Gasteiger partial charge < -0.3 is 10.2 Å². The van der Waals surface area contributed by atoms with Crippen LogP contribution in [0.5, 0.6) is 0 Å². The van der Waals surface area contributed by atoms with Crippen molar-refractivity contribution in [3.8, 4) is 0 Å². The summed E-state index contributed by atoms with van der Waals surface area (Å²) in [6.07, 6.45) is 5.92. The summed E-state index contributed by atoms with van der Waals surface area (Å²) in [4.78, 5) is 2.36. The molecule has 0 spiro atoms. The average Bonchev–Trinajstić information content (AvgIpc) is 2.41. The Balaban J connectivity index is 1.88. The summed E-state index contributed by atoms with van der Waals surface area (Å²) in [5, 5.41) is 3.58.